The topological polar surface area (TPSA) is 22.1 Å². The number of allylic oxidation sites excluding steroid dienone is 5. The standard InChI is InChI=1S/C32H23F6NO.2C2H6/c1-4-21(15-28(34)20(3)33)26-12-8-23(16-29(26)35)27-13-11-25(17-30(27)36)40-32(37,38)24-9-6-22(7-10-24)31-14-5-19(2)18-39-31;2*1-2/h4-18H,3H2,1-2H3;2*1-2H3/b21-4+,28-15+;;. The van der Waals surface area contributed by atoms with Crippen LogP contribution in [0.5, 0.6) is 5.75 Å². The highest BCUT2D eigenvalue weighted by atomic mass is 19.3. The van der Waals surface area contributed by atoms with E-state index in [0.717, 1.165) is 29.8 Å². The fraction of sp³-hybridized carbons (Fsp3) is 0.194. The van der Waals surface area contributed by atoms with E-state index in [1.807, 2.05) is 40.7 Å². The molecule has 0 amide bonds. The third kappa shape index (κ3) is 8.96. The van der Waals surface area contributed by atoms with Gasteiger partial charge in [0.25, 0.3) is 0 Å². The summed E-state index contributed by atoms with van der Waals surface area (Å²) in [5.41, 5.74) is 1.83. The molecule has 3 aromatic carbocycles. The van der Waals surface area contributed by atoms with Gasteiger partial charge in [-0.2, -0.15) is 8.78 Å². The predicted molar refractivity (Wildman–Crippen MR) is 167 cm³/mol. The van der Waals surface area contributed by atoms with Gasteiger partial charge in [-0.15, -0.1) is 0 Å². The van der Waals surface area contributed by atoms with E-state index in [4.69, 9.17) is 4.74 Å². The summed E-state index contributed by atoms with van der Waals surface area (Å²) < 4.78 is 90.9. The maximum atomic E-state index is 14.9. The molecule has 1 heterocycles. The van der Waals surface area contributed by atoms with Crippen LogP contribution < -0.4 is 4.74 Å². The highest BCUT2D eigenvalue weighted by Crippen LogP contribution is 2.35. The zero-order chi connectivity index (χ0) is 33.0. The van der Waals surface area contributed by atoms with Gasteiger partial charge in [-0.25, -0.2) is 17.6 Å². The summed E-state index contributed by atoms with van der Waals surface area (Å²) in [4.78, 5) is 4.27. The number of hydrogen-bond donors (Lipinski definition) is 0. The van der Waals surface area contributed by atoms with Crippen LogP contribution >= 0.6 is 0 Å². The van der Waals surface area contributed by atoms with Gasteiger partial charge in [0.2, 0.25) is 0 Å². The number of rotatable bonds is 8. The second-order valence-corrected chi connectivity index (χ2v) is 8.89. The molecule has 0 N–H and O–H groups in total. The molecule has 0 bridgehead atoms. The average Bonchev–Trinajstić information content (AvgIpc) is 3.02. The first-order valence-electron chi connectivity index (χ1n) is 14.1. The summed E-state index contributed by atoms with van der Waals surface area (Å²) in [5, 5.41) is 0. The number of aromatic nitrogens is 1. The quantitative estimate of drug-likeness (QED) is 0.146. The molecule has 232 valence electrons. The van der Waals surface area contributed by atoms with Crippen molar-refractivity contribution < 1.29 is 31.1 Å². The van der Waals surface area contributed by atoms with Gasteiger partial charge < -0.3 is 4.74 Å². The average molecular weight is 612 g/mol. The monoisotopic (exact) mass is 611 g/mol. The molecule has 0 radical (unpaired) electrons. The third-order valence-electron chi connectivity index (χ3n) is 6.06. The van der Waals surface area contributed by atoms with E-state index in [1.54, 1.807) is 12.3 Å². The molecule has 8 heteroatoms. The Morgan fingerprint density at radius 2 is 1.45 bits per heavy atom. The molecule has 0 unspecified atom stereocenters. The first-order valence-corrected chi connectivity index (χ1v) is 14.1. The molecule has 0 aliphatic carbocycles. The van der Waals surface area contributed by atoms with Gasteiger partial charge in [0, 0.05) is 29.0 Å². The number of alkyl halides is 2. The highest BCUT2D eigenvalue weighted by Gasteiger charge is 2.34. The lowest BCUT2D eigenvalue weighted by Crippen LogP contribution is -2.21. The van der Waals surface area contributed by atoms with Crippen LogP contribution in [0, 0.1) is 18.6 Å². The second-order valence-electron chi connectivity index (χ2n) is 8.89. The summed E-state index contributed by atoms with van der Waals surface area (Å²) in [6, 6.07) is 15.8. The highest BCUT2D eigenvalue weighted by molar-refractivity contribution is 5.77. The van der Waals surface area contributed by atoms with Crippen LogP contribution in [0.2, 0.25) is 0 Å². The van der Waals surface area contributed by atoms with Crippen molar-refractivity contribution in [3.05, 3.63) is 138 Å². The number of aryl methyl sites for hydroxylation is 1. The van der Waals surface area contributed by atoms with E-state index >= 15 is 0 Å². The summed E-state index contributed by atoms with van der Waals surface area (Å²) >= 11 is 0. The van der Waals surface area contributed by atoms with E-state index < -0.39 is 40.7 Å². The van der Waals surface area contributed by atoms with Gasteiger partial charge in [-0.1, -0.05) is 70.7 Å². The fourth-order valence-electron chi connectivity index (χ4n) is 3.92. The predicted octanol–water partition coefficient (Wildman–Crippen LogP) is 11.9. The van der Waals surface area contributed by atoms with Crippen molar-refractivity contribution in [2.24, 2.45) is 0 Å². The fourth-order valence-corrected chi connectivity index (χ4v) is 3.92. The zero-order valence-electron chi connectivity index (χ0n) is 25.5. The van der Waals surface area contributed by atoms with Crippen molar-refractivity contribution in [2.75, 3.05) is 0 Å². The van der Waals surface area contributed by atoms with E-state index in [2.05, 4.69) is 11.6 Å². The molecule has 0 saturated carbocycles. The van der Waals surface area contributed by atoms with Crippen molar-refractivity contribution in [3.63, 3.8) is 0 Å². The van der Waals surface area contributed by atoms with Gasteiger partial charge >= 0.3 is 6.11 Å². The van der Waals surface area contributed by atoms with Gasteiger partial charge in [0.15, 0.2) is 11.7 Å². The van der Waals surface area contributed by atoms with Crippen molar-refractivity contribution in [1.82, 2.24) is 4.98 Å². The Hall–Kier alpha value is -4.59. The van der Waals surface area contributed by atoms with Crippen molar-refractivity contribution in [2.45, 2.75) is 47.7 Å². The zero-order valence-corrected chi connectivity index (χ0v) is 25.5. The Kier molecular flexibility index (Phi) is 13.2. The van der Waals surface area contributed by atoms with Crippen LogP contribution in [-0.2, 0) is 6.11 Å². The third-order valence-corrected chi connectivity index (χ3v) is 6.06. The SMILES string of the molecule is C=C(F)/C(F)=C\C(=C/C)c1ccc(-c2ccc(OC(F)(F)c3ccc(-c4ccc(C)cn4)cc3)cc2F)cc1F.CC.CC. The molecule has 4 aromatic rings. The molecular weight excluding hydrogens is 576 g/mol. The van der Waals surface area contributed by atoms with E-state index in [0.29, 0.717) is 11.3 Å². The van der Waals surface area contributed by atoms with Crippen LogP contribution in [0.3, 0.4) is 0 Å². The summed E-state index contributed by atoms with van der Waals surface area (Å²) in [6.07, 6.45) is 0.0741. The first-order chi connectivity index (χ1) is 21.0. The van der Waals surface area contributed by atoms with Crippen LogP contribution in [0.4, 0.5) is 26.3 Å². The molecule has 0 atom stereocenters. The van der Waals surface area contributed by atoms with Gasteiger partial charge in [-0.05, 0) is 73.0 Å². The lowest BCUT2D eigenvalue weighted by Gasteiger charge is -2.19. The maximum absolute atomic E-state index is 14.9. The normalized spacial score (nSPS) is 11.5. The number of nitrogens with zero attached hydrogens (tertiary/aromatic N) is 1. The molecule has 0 aliphatic heterocycles. The Morgan fingerprint density at radius 1 is 0.818 bits per heavy atom. The van der Waals surface area contributed by atoms with E-state index in [9.17, 15) is 26.3 Å². The molecule has 0 saturated heterocycles. The Bertz CT molecular complexity index is 1610. The van der Waals surface area contributed by atoms with Crippen molar-refractivity contribution in [1.29, 1.82) is 0 Å². The Morgan fingerprint density at radius 3 is 1.98 bits per heavy atom. The molecular formula is C36H35F6NO. The number of pyridine rings is 1. The van der Waals surface area contributed by atoms with Crippen LogP contribution in [0.15, 0.2) is 109 Å². The minimum Gasteiger partial charge on any atom is -0.429 e. The smallest absolute Gasteiger partial charge is 0.426 e. The molecule has 0 aliphatic rings. The lowest BCUT2D eigenvalue weighted by atomic mass is 9.98. The molecule has 0 spiro atoms. The minimum absolute atomic E-state index is 0.0492. The molecule has 1 aromatic heterocycles. The number of benzene rings is 3. The lowest BCUT2D eigenvalue weighted by molar-refractivity contribution is -0.185. The van der Waals surface area contributed by atoms with Crippen LogP contribution in [0.1, 0.15) is 51.3 Å². The first kappa shape index (κ1) is 35.6. The second kappa shape index (κ2) is 16.3. The van der Waals surface area contributed by atoms with Crippen molar-refractivity contribution in [3.8, 4) is 28.1 Å². The summed E-state index contributed by atoms with van der Waals surface area (Å²) in [7, 11) is 0. The van der Waals surface area contributed by atoms with Gasteiger partial charge in [0.05, 0.1) is 11.3 Å². The number of ether oxygens (including phenoxy) is 1. The van der Waals surface area contributed by atoms with E-state index in [1.165, 1.54) is 55.5 Å². The molecule has 44 heavy (non-hydrogen) atoms. The minimum atomic E-state index is -3.77. The number of hydrogen-bond acceptors (Lipinski definition) is 2. The summed E-state index contributed by atoms with van der Waals surface area (Å²) in [5.74, 6) is -4.74. The van der Waals surface area contributed by atoms with Gasteiger partial charge in [-0.3, -0.25) is 4.98 Å². The Balaban J connectivity index is 0.00000162. The number of halogens is 6. The molecule has 2 nitrogen and oxygen atoms in total. The van der Waals surface area contributed by atoms with Crippen molar-refractivity contribution >= 4 is 5.57 Å². The van der Waals surface area contributed by atoms with Gasteiger partial charge in [0.1, 0.15) is 17.4 Å². The maximum Gasteiger partial charge on any atom is 0.426 e. The van der Waals surface area contributed by atoms with Crippen LogP contribution in [-0.4, -0.2) is 4.98 Å². The van der Waals surface area contributed by atoms with Crippen LogP contribution in [0.25, 0.3) is 28.0 Å². The summed E-state index contributed by atoms with van der Waals surface area (Å²) in [6.45, 7) is 14.3. The molecule has 4 rings (SSSR count). The Labute approximate surface area is 255 Å². The van der Waals surface area contributed by atoms with E-state index in [-0.39, 0.29) is 22.3 Å². The molecule has 0 fully saturated rings. The largest absolute Gasteiger partial charge is 0.429 e.